The van der Waals surface area contributed by atoms with Gasteiger partial charge in [-0.3, -0.25) is 9.00 Å². The first-order chi connectivity index (χ1) is 9.23. The Morgan fingerprint density at radius 3 is 2.80 bits per heavy atom. The first kappa shape index (κ1) is 15.9. The Labute approximate surface area is 123 Å². The zero-order valence-electron chi connectivity index (χ0n) is 12.8. The van der Waals surface area contributed by atoms with E-state index in [4.69, 9.17) is 10.5 Å². The molecule has 0 spiro atoms. The molecule has 0 radical (unpaired) electrons. The van der Waals surface area contributed by atoms with Crippen LogP contribution in [0.15, 0.2) is 0 Å². The molecule has 0 aromatic rings. The largest absolute Gasteiger partial charge is 0.377 e. The fourth-order valence-corrected chi connectivity index (χ4v) is 4.00. The van der Waals surface area contributed by atoms with Gasteiger partial charge in [-0.25, -0.2) is 0 Å². The van der Waals surface area contributed by atoms with Crippen molar-refractivity contribution in [3.05, 3.63) is 0 Å². The Hall–Kier alpha value is -0.460. The predicted molar refractivity (Wildman–Crippen MR) is 79.7 cm³/mol. The first-order valence-electron chi connectivity index (χ1n) is 7.24. The van der Waals surface area contributed by atoms with Crippen molar-refractivity contribution >= 4 is 16.7 Å². The molecule has 6 heteroatoms. The molecule has 0 aromatic carbocycles. The van der Waals surface area contributed by atoms with Gasteiger partial charge < -0.3 is 15.8 Å². The van der Waals surface area contributed by atoms with E-state index in [2.05, 4.69) is 5.32 Å². The van der Waals surface area contributed by atoms with E-state index in [1.807, 2.05) is 20.8 Å². The van der Waals surface area contributed by atoms with E-state index in [-0.39, 0.29) is 28.6 Å². The van der Waals surface area contributed by atoms with Gasteiger partial charge in [-0.2, -0.15) is 0 Å². The molecule has 1 saturated heterocycles. The van der Waals surface area contributed by atoms with Crippen LogP contribution in [0.1, 0.15) is 33.6 Å². The SMILES string of the molecule is CC(CCNC(=O)C1(N)C2CCOC2C1(C)C)S(C)=O. The Bertz CT molecular complexity index is 427. The van der Waals surface area contributed by atoms with Crippen molar-refractivity contribution in [2.24, 2.45) is 17.1 Å². The predicted octanol–water partition coefficient (Wildman–Crippen LogP) is 0.402. The van der Waals surface area contributed by atoms with Gasteiger partial charge in [0.2, 0.25) is 5.91 Å². The summed E-state index contributed by atoms with van der Waals surface area (Å²) in [5.41, 5.74) is 5.25. The van der Waals surface area contributed by atoms with E-state index < -0.39 is 16.3 Å². The smallest absolute Gasteiger partial charge is 0.241 e. The molecule has 0 bridgehead atoms. The van der Waals surface area contributed by atoms with Crippen LogP contribution in [0.5, 0.6) is 0 Å². The van der Waals surface area contributed by atoms with E-state index in [1.54, 1.807) is 6.26 Å². The average Bonchev–Trinajstić information content (AvgIpc) is 2.85. The van der Waals surface area contributed by atoms with Crippen LogP contribution in [-0.2, 0) is 20.3 Å². The van der Waals surface area contributed by atoms with Crippen molar-refractivity contribution < 1.29 is 13.7 Å². The minimum absolute atomic E-state index is 0.0842. The molecular weight excluding hydrogens is 276 g/mol. The molecule has 2 fully saturated rings. The van der Waals surface area contributed by atoms with E-state index in [0.29, 0.717) is 19.6 Å². The molecule has 1 heterocycles. The van der Waals surface area contributed by atoms with Crippen molar-refractivity contribution in [1.29, 1.82) is 0 Å². The summed E-state index contributed by atoms with van der Waals surface area (Å²) in [6.45, 7) is 7.14. The van der Waals surface area contributed by atoms with Crippen LogP contribution in [0.4, 0.5) is 0 Å². The average molecular weight is 302 g/mol. The lowest BCUT2D eigenvalue weighted by Crippen LogP contribution is -2.80. The molecule has 0 aromatic heterocycles. The van der Waals surface area contributed by atoms with Crippen LogP contribution in [0.25, 0.3) is 0 Å². The Kier molecular flexibility index (Phi) is 4.29. The van der Waals surface area contributed by atoms with Gasteiger partial charge in [0.25, 0.3) is 0 Å². The molecule has 116 valence electrons. The summed E-state index contributed by atoms with van der Waals surface area (Å²) in [4.78, 5) is 12.5. The lowest BCUT2D eigenvalue weighted by Gasteiger charge is -2.60. The monoisotopic (exact) mass is 302 g/mol. The normalized spacial score (nSPS) is 37.6. The van der Waals surface area contributed by atoms with Crippen molar-refractivity contribution in [1.82, 2.24) is 5.32 Å². The van der Waals surface area contributed by atoms with Crippen molar-refractivity contribution in [2.45, 2.75) is 50.5 Å². The number of hydrogen-bond acceptors (Lipinski definition) is 4. The number of ether oxygens (including phenoxy) is 1. The van der Waals surface area contributed by atoms with Gasteiger partial charge in [-0.15, -0.1) is 0 Å². The molecular formula is C14H26N2O3S. The molecule has 5 atom stereocenters. The quantitative estimate of drug-likeness (QED) is 0.770. The summed E-state index contributed by atoms with van der Waals surface area (Å²) in [7, 11) is -0.856. The number of rotatable bonds is 5. The summed E-state index contributed by atoms with van der Waals surface area (Å²) >= 11 is 0. The van der Waals surface area contributed by atoms with Gasteiger partial charge in [0, 0.05) is 46.8 Å². The van der Waals surface area contributed by atoms with E-state index in [0.717, 1.165) is 6.42 Å². The molecule has 2 rings (SSSR count). The van der Waals surface area contributed by atoms with Gasteiger partial charge in [-0.05, 0) is 12.8 Å². The topological polar surface area (TPSA) is 81.4 Å². The van der Waals surface area contributed by atoms with Gasteiger partial charge in [-0.1, -0.05) is 20.8 Å². The number of amides is 1. The molecule has 3 N–H and O–H groups in total. The van der Waals surface area contributed by atoms with Crippen molar-refractivity contribution in [3.63, 3.8) is 0 Å². The third kappa shape index (κ3) is 2.22. The lowest BCUT2D eigenvalue weighted by molar-refractivity contribution is -0.175. The molecule has 1 saturated carbocycles. The fraction of sp³-hybridized carbons (Fsp3) is 0.929. The highest BCUT2D eigenvalue weighted by molar-refractivity contribution is 7.84. The highest BCUT2D eigenvalue weighted by Gasteiger charge is 2.71. The second kappa shape index (κ2) is 5.39. The summed E-state index contributed by atoms with van der Waals surface area (Å²) < 4.78 is 17.0. The lowest BCUT2D eigenvalue weighted by atomic mass is 9.48. The minimum atomic E-state index is -0.856. The summed E-state index contributed by atoms with van der Waals surface area (Å²) in [6, 6.07) is 0. The van der Waals surface area contributed by atoms with E-state index in [9.17, 15) is 9.00 Å². The van der Waals surface area contributed by atoms with E-state index in [1.165, 1.54) is 0 Å². The number of nitrogens with two attached hydrogens (primary N) is 1. The number of carbonyl (C=O) groups is 1. The van der Waals surface area contributed by atoms with E-state index >= 15 is 0 Å². The van der Waals surface area contributed by atoms with Gasteiger partial charge >= 0.3 is 0 Å². The number of nitrogens with one attached hydrogen (secondary N) is 1. The second-order valence-corrected chi connectivity index (χ2v) is 8.43. The standard InChI is InChI=1S/C14H26N2O3S/c1-9(20(4)18)5-7-16-12(17)14(15)10-6-8-19-11(10)13(14,2)3/h9-11H,5-8,15H2,1-4H3,(H,16,17). The van der Waals surface area contributed by atoms with Crippen LogP contribution in [0.3, 0.4) is 0 Å². The maximum absolute atomic E-state index is 12.5. The van der Waals surface area contributed by atoms with Crippen LogP contribution in [-0.4, -0.2) is 46.4 Å². The van der Waals surface area contributed by atoms with Crippen molar-refractivity contribution in [2.75, 3.05) is 19.4 Å². The Morgan fingerprint density at radius 1 is 1.55 bits per heavy atom. The molecule has 1 amide bonds. The van der Waals surface area contributed by atoms with Crippen LogP contribution >= 0.6 is 0 Å². The summed E-state index contributed by atoms with van der Waals surface area (Å²) in [5.74, 6) is 0.0264. The molecule has 5 unspecified atom stereocenters. The fourth-order valence-electron chi connectivity index (χ4n) is 3.55. The number of hydrogen-bond donors (Lipinski definition) is 2. The number of fused-ring (bicyclic) bond motifs is 1. The van der Waals surface area contributed by atoms with Gasteiger partial charge in [0.05, 0.1) is 6.10 Å². The maximum atomic E-state index is 12.5. The summed E-state index contributed by atoms with van der Waals surface area (Å²) in [6.07, 6.45) is 3.34. The van der Waals surface area contributed by atoms with Crippen molar-refractivity contribution in [3.8, 4) is 0 Å². The maximum Gasteiger partial charge on any atom is 0.241 e. The number of carbonyl (C=O) groups excluding carboxylic acids is 1. The second-order valence-electron chi connectivity index (χ2n) is 6.63. The minimum Gasteiger partial charge on any atom is -0.377 e. The van der Waals surface area contributed by atoms with Crippen LogP contribution < -0.4 is 11.1 Å². The first-order valence-corrected chi connectivity index (χ1v) is 8.86. The Morgan fingerprint density at radius 2 is 2.20 bits per heavy atom. The Balaban J connectivity index is 1.93. The molecule has 20 heavy (non-hydrogen) atoms. The van der Waals surface area contributed by atoms with Gasteiger partial charge in [0.15, 0.2) is 0 Å². The van der Waals surface area contributed by atoms with Crippen LogP contribution in [0.2, 0.25) is 0 Å². The van der Waals surface area contributed by atoms with Gasteiger partial charge in [0.1, 0.15) is 5.54 Å². The molecule has 1 aliphatic carbocycles. The molecule has 1 aliphatic heterocycles. The zero-order chi connectivity index (χ0) is 15.1. The summed E-state index contributed by atoms with van der Waals surface area (Å²) in [5, 5.41) is 3.01. The van der Waals surface area contributed by atoms with Crippen LogP contribution in [0, 0.1) is 11.3 Å². The highest BCUT2D eigenvalue weighted by Crippen LogP contribution is 2.58. The highest BCUT2D eigenvalue weighted by atomic mass is 32.2. The molecule has 5 nitrogen and oxygen atoms in total. The zero-order valence-corrected chi connectivity index (χ0v) is 13.6. The third-order valence-corrected chi connectivity index (χ3v) is 6.60. The third-order valence-electron chi connectivity index (χ3n) is 5.23. The molecule has 2 aliphatic rings.